The van der Waals surface area contributed by atoms with Crippen molar-refractivity contribution in [1.29, 1.82) is 0 Å². The number of alkyl halides is 5. The van der Waals surface area contributed by atoms with Crippen molar-refractivity contribution in [2.75, 3.05) is 6.54 Å². The van der Waals surface area contributed by atoms with E-state index >= 15 is 0 Å². The monoisotopic (exact) mass is 417 g/mol. The second-order valence-electron chi connectivity index (χ2n) is 5.06. The maximum absolute atomic E-state index is 12.1. The molecule has 0 radical (unpaired) electrons. The Morgan fingerprint density at radius 3 is 2.13 bits per heavy atom. The van der Waals surface area contributed by atoms with Gasteiger partial charge in [0.2, 0.25) is 14.5 Å². The molecule has 0 amide bonds. The minimum atomic E-state index is -2.72. The predicted octanol–water partition coefficient (Wildman–Crippen LogP) is 2.99. The molecule has 4 nitrogen and oxygen atoms in total. The average molecular weight is 420 g/mol. The molecule has 0 aliphatic heterocycles. The van der Waals surface area contributed by atoms with Crippen LogP contribution < -0.4 is 5.32 Å². The molecular weight excluding hydrogens is 407 g/mol. The summed E-state index contributed by atoms with van der Waals surface area (Å²) in [5.74, 6) is -0.284. The van der Waals surface area contributed by atoms with E-state index < -0.39 is 19.5 Å². The Bertz CT molecular complexity index is 633. The molecule has 1 aliphatic rings. The lowest BCUT2D eigenvalue weighted by Gasteiger charge is -2.50. The van der Waals surface area contributed by atoms with Crippen molar-refractivity contribution in [3.63, 3.8) is 0 Å². The summed E-state index contributed by atoms with van der Waals surface area (Å²) in [6.45, 7) is -0.243. The quantitative estimate of drug-likeness (QED) is 0.304. The molecule has 126 valence electrons. The third-order valence-corrected chi connectivity index (χ3v) is 6.61. The Labute approximate surface area is 157 Å². The van der Waals surface area contributed by atoms with E-state index in [1.165, 1.54) is 0 Å². The van der Waals surface area contributed by atoms with Crippen molar-refractivity contribution in [3.8, 4) is 0 Å². The van der Waals surface area contributed by atoms with Crippen molar-refractivity contribution in [2.24, 2.45) is 0 Å². The van der Waals surface area contributed by atoms with Gasteiger partial charge >= 0.3 is 0 Å². The normalized spacial score (nSPS) is 36.0. The van der Waals surface area contributed by atoms with Crippen molar-refractivity contribution < 1.29 is 15.0 Å². The van der Waals surface area contributed by atoms with Gasteiger partial charge in [-0.05, 0) is 12.2 Å². The smallest absolute Gasteiger partial charge is 0.222 e. The standard InChI is InChI=1S/C14H12Cl5NO3/c15-11(20-8-10(21)9-4-2-1-3-5-9)6-7-12(16,22)14(19,23)13(11,17)18/h1-7,20,22-23H,8H2. The fourth-order valence-electron chi connectivity index (χ4n) is 2.01. The number of nitrogens with one attached hydrogen (secondary N) is 1. The highest BCUT2D eigenvalue weighted by molar-refractivity contribution is 6.59. The molecular formula is C14H12Cl5NO3. The summed E-state index contributed by atoms with van der Waals surface area (Å²) >= 11 is 29.9. The molecule has 1 aromatic rings. The number of ketones is 1. The van der Waals surface area contributed by atoms with Crippen molar-refractivity contribution >= 4 is 63.8 Å². The van der Waals surface area contributed by atoms with Gasteiger partial charge in [-0.25, -0.2) is 0 Å². The first-order valence-corrected chi connectivity index (χ1v) is 8.26. The summed E-state index contributed by atoms with van der Waals surface area (Å²) in [7, 11) is 0. The topological polar surface area (TPSA) is 69.6 Å². The van der Waals surface area contributed by atoms with E-state index in [0.717, 1.165) is 12.2 Å². The molecule has 0 aromatic heterocycles. The lowest BCUT2D eigenvalue weighted by molar-refractivity contribution is -0.0383. The summed E-state index contributed by atoms with van der Waals surface area (Å²) in [6, 6.07) is 8.46. The molecule has 0 spiro atoms. The minimum absolute atomic E-state index is 0.243. The number of carbonyl (C=O) groups is 1. The SMILES string of the molecule is O=C(CNC1(Cl)C=CC(O)(Cl)C(O)(Cl)C1(Cl)Cl)c1ccccc1. The third-order valence-electron chi connectivity index (χ3n) is 3.47. The van der Waals surface area contributed by atoms with Gasteiger partial charge in [0.05, 0.1) is 6.54 Å². The van der Waals surface area contributed by atoms with Crippen LogP contribution in [-0.2, 0) is 0 Å². The van der Waals surface area contributed by atoms with E-state index in [4.69, 9.17) is 58.0 Å². The predicted molar refractivity (Wildman–Crippen MR) is 92.5 cm³/mol. The molecule has 0 fully saturated rings. The van der Waals surface area contributed by atoms with Crippen LogP contribution >= 0.6 is 58.0 Å². The molecule has 3 atom stereocenters. The van der Waals surface area contributed by atoms with Gasteiger partial charge in [0.15, 0.2) is 10.8 Å². The van der Waals surface area contributed by atoms with Gasteiger partial charge in [0, 0.05) is 5.56 Å². The van der Waals surface area contributed by atoms with Gasteiger partial charge in [0.25, 0.3) is 0 Å². The van der Waals surface area contributed by atoms with E-state index in [1.54, 1.807) is 30.3 Å². The highest BCUT2D eigenvalue weighted by atomic mass is 35.5. The third kappa shape index (κ3) is 3.24. The zero-order chi connectivity index (χ0) is 17.5. The Balaban J connectivity index is 2.23. The number of aliphatic hydroxyl groups is 2. The molecule has 0 bridgehead atoms. The molecule has 23 heavy (non-hydrogen) atoms. The highest BCUT2D eigenvalue weighted by Crippen LogP contribution is 2.57. The molecule has 2 rings (SSSR count). The number of rotatable bonds is 4. The lowest BCUT2D eigenvalue weighted by Crippen LogP contribution is -2.70. The fourth-order valence-corrected chi connectivity index (χ4v) is 3.38. The van der Waals surface area contributed by atoms with Crippen LogP contribution in [0.5, 0.6) is 0 Å². The van der Waals surface area contributed by atoms with E-state index in [0.29, 0.717) is 5.56 Å². The summed E-state index contributed by atoms with van der Waals surface area (Å²) in [5, 5.41) is 17.6. The van der Waals surface area contributed by atoms with Crippen LogP contribution in [0.4, 0.5) is 0 Å². The molecule has 3 N–H and O–H groups in total. The van der Waals surface area contributed by atoms with Crippen molar-refractivity contribution in [1.82, 2.24) is 5.32 Å². The maximum atomic E-state index is 12.1. The number of halogens is 5. The molecule has 1 aromatic carbocycles. The zero-order valence-electron chi connectivity index (χ0n) is 11.4. The highest BCUT2D eigenvalue weighted by Gasteiger charge is 2.70. The Kier molecular flexibility index (Phi) is 5.33. The summed E-state index contributed by atoms with van der Waals surface area (Å²) in [4.78, 5) is 10.3. The lowest BCUT2D eigenvalue weighted by atomic mass is 9.94. The summed E-state index contributed by atoms with van der Waals surface area (Å²) in [5.41, 5.74) is 0.449. The van der Waals surface area contributed by atoms with Gasteiger partial charge in [0.1, 0.15) is 0 Å². The van der Waals surface area contributed by atoms with Gasteiger partial charge in [-0.1, -0.05) is 88.3 Å². The van der Waals surface area contributed by atoms with Crippen LogP contribution in [0.3, 0.4) is 0 Å². The molecule has 0 heterocycles. The second-order valence-corrected chi connectivity index (χ2v) is 8.10. The molecule has 9 heteroatoms. The number of benzene rings is 1. The van der Waals surface area contributed by atoms with Crippen LogP contribution in [0, 0.1) is 0 Å². The maximum Gasteiger partial charge on any atom is 0.222 e. The van der Waals surface area contributed by atoms with Crippen LogP contribution in [0.1, 0.15) is 10.4 Å². The molecule has 3 unspecified atom stereocenters. The largest absolute Gasteiger partial charge is 0.369 e. The van der Waals surface area contributed by atoms with Crippen LogP contribution in [0.15, 0.2) is 42.5 Å². The Hall–Kier alpha value is -0.0400. The number of carbonyl (C=O) groups excluding carboxylic acids is 1. The summed E-state index contributed by atoms with van der Waals surface area (Å²) < 4.78 is -2.36. The van der Waals surface area contributed by atoms with E-state index in [9.17, 15) is 15.0 Å². The molecule has 1 aliphatic carbocycles. The number of hydrogen-bond acceptors (Lipinski definition) is 4. The number of Topliss-reactive ketones (excluding diaryl/α,β-unsaturated/α-hetero) is 1. The van der Waals surface area contributed by atoms with Crippen molar-refractivity contribution in [2.45, 2.75) is 19.5 Å². The van der Waals surface area contributed by atoms with Crippen molar-refractivity contribution in [3.05, 3.63) is 48.0 Å². The van der Waals surface area contributed by atoms with Crippen LogP contribution in [-0.4, -0.2) is 42.0 Å². The molecule has 0 saturated carbocycles. The Morgan fingerprint density at radius 1 is 1.00 bits per heavy atom. The van der Waals surface area contributed by atoms with Gasteiger partial charge < -0.3 is 10.2 Å². The summed E-state index contributed by atoms with van der Waals surface area (Å²) in [6.07, 6.45) is 2.08. The van der Waals surface area contributed by atoms with Gasteiger partial charge in [-0.15, -0.1) is 0 Å². The first-order valence-electron chi connectivity index (χ1n) is 6.37. The average Bonchev–Trinajstić information content (AvgIpc) is 2.50. The fraction of sp³-hybridized carbons (Fsp3) is 0.357. The first-order chi connectivity index (χ1) is 10.4. The van der Waals surface area contributed by atoms with Crippen LogP contribution in [0.25, 0.3) is 0 Å². The van der Waals surface area contributed by atoms with Gasteiger partial charge in [-0.3, -0.25) is 10.1 Å². The first kappa shape index (κ1) is 19.3. The minimum Gasteiger partial charge on any atom is -0.369 e. The molecule has 0 saturated heterocycles. The van der Waals surface area contributed by atoms with Gasteiger partial charge in [-0.2, -0.15) is 0 Å². The van der Waals surface area contributed by atoms with Crippen LogP contribution in [0.2, 0.25) is 0 Å². The Morgan fingerprint density at radius 2 is 1.57 bits per heavy atom. The number of hydrogen-bond donors (Lipinski definition) is 3. The van der Waals surface area contributed by atoms with E-state index in [2.05, 4.69) is 5.32 Å². The zero-order valence-corrected chi connectivity index (χ0v) is 15.2. The van der Waals surface area contributed by atoms with E-state index in [-0.39, 0.29) is 12.3 Å². The van der Waals surface area contributed by atoms with E-state index in [1.807, 2.05) is 0 Å². The second kappa shape index (κ2) is 6.36.